The highest BCUT2D eigenvalue weighted by atomic mass is 32.2. The van der Waals surface area contributed by atoms with Crippen LogP contribution in [0.5, 0.6) is 0 Å². The molecule has 2 rings (SSSR count). The molecule has 12 heteroatoms. The van der Waals surface area contributed by atoms with E-state index in [9.17, 15) is 33.5 Å². The van der Waals surface area contributed by atoms with Gasteiger partial charge in [0, 0.05) is 18.0 Å². The lowest BCUT2D eigenvalue weighted by atomic mass is 10.1. The van der Waals surface area contributed by atoms with Crippen LogP contribution in [0, 0.1) is 0 Å². The van der Waals surface area contributed by atoms with Crippen molar-refractivity contribution in [3.63, 3.8) is 0 Å². The molecule has 1 aromatic carbocycles. The summed E-state index contributed by atoms with van der Waals surface area (Å²) in [7, 11) is -3.71. The van der Waals surface area contributed by atoms with Crippen LogP contribution in [0.4, 0.5) is 5.69 Å². The fourth-order valence-electron chi connectivity index (χ4n) is 4.00. The summed E-state index contributed by atoms with van der Waals surface area (Å²) in [6.45, 7) is 2.32. The summed E-state index contributed by atoms with van der Waals surface area (Å²) in [4.78, 5) is 25.2. The molecule has 38 heavy (non-hydrogen) atoms. The second-order valence-electron chi connectivity index (χ2n) is 9.23. The van der Waals surface area contributed by atoms with E-state index in [1.54, 1.807) is 12.1 Å². The van der Waals surface area contributed by atoms with E-state index in [1.807, 2.05) is 0 Å². The lowest BCUT2D eigenvalue weighted by molar-refractivity contribution is -0.156. The highest BCUT2D eigenvalue weighted by Crippen LogP contribution is 2.24. The van der Waals surface area contributed by atoms with Crippen LogP contribution in [-0.2, 0) is 32.7 Å². The van der Waals surface area contributed by atoms with Crippen molar-refractivity contribution in [1.29, 1.82) is 0 Å². The maximum atomic E-state index is 12.7. The summed E-state index contributed by atoms with van der Waals surface area (Å²) in [6.07, 6.45) is 11.6. The van der Waals surface area contributed by atoms with Crippen LogP contribution in [0.25, 0.3) is 0 Å². The molecule has 0 saturated heterocycles. The van der Waals surface area contributed by atoms with Crippen molar-refractivity contribution in [3.8, 4) is 0 Å². The molecule has 0 fully saturated rings. The van der Waals surface area contributed by atoms with E-state index in [1.165, 1.54) is 69.2 Å². The van der Waals surface area contributed by atoms with Crippen molar-refractivity contribution in [2.75, 3.05) is 11.8 Å². The Balaban J connectivity index is 1.87. The highest BCUT2D eigenvalue weighted by molar-refractivity contribution is 7.91. The van der Waals surface area contributed by atoms with Gasteiger partial charge in [0.2, 0.25) is 10.0 Å². The minimum Gasteiger partial charge on any atom is -0.474 e. The highest BCUT2D eigenvalue weighted by Gasteiger charge is 2.24. The Morgan fingerprint density at radius 2 is 1.53 bits per heavy atom. The van der Waals surface area contributed by atoms with Crippen molar-refractivity contribution in [1.82, 2.24) is 9.62 Å². The smallest absolute Gasteiger partial charge is 0.394 e. The number of carbonyl (C=O) groups is 2. The Hall–Kier alpha value is -2.51. The number of thiophene rings is 1. The maximum Gasteiger partial charge on any atom is 0.394 e. The lowest BCUT2D eigenvalue weighted by Gasteiger charge is -2.20. The molecule has 0 atom stereocenters. The Labute approximate surface area is 228 Å². The molecule has 4 N–H and O–H groups in total. The number of hydrogen-bond acceptors (Lipinski definition) is 8. The number of nitrogens with zero attached hydrogens (tertiary/aromatic N) is 2. The van der Waals surface area contributed by atoms with Crippen molar-refractivity contribution in [2.24, 2.45) is 0 Å². The molecule has 0 aliphatic carbocycles. The van der Waals surface area contributed by atoms with Gasteiger partial charge in [0.1, 0.15) is 4.21 Å². The first-order valence-electron chi connectivity index (χ1n) is 13.0. The normalized spacial score (nSPS) is 11.4. The van der Waals surface area contributed by atoms with Gasteiger partial charge in [-0.2, -0.15) is 0 Å². The van der Waals surface area contributed by atoms with Crippen LogP contribution in [0.15, 0.2) is 40.6 Å². The summed E-state index contributed by atoms with van der Waals surface area (Å²) in [5.74, 6) is -2.80. The summed E-state index contributed by atoms with van der Waals surface area (Å²) < 4.78 is 28.1. The van der Waals surface area contributed by atoms with Gasteiger partial charge >= 0.3 is 11.9 Å². The Morgan fingerprint density at radius 3 is 2.13 bits per heavy atom. The van der Waals surface area contributed by atoms with Crippen LogP contribution in [0.1, 0.15) is 81.6 Å². The second-order valence-corrected chi connectivity index (χ2v) is 12.4. The van der Waals surface area contributed by atoms with Gasteiger partial charge in [-0.3, -0.25) is 15.2 Å². The predicted molar refractivity (Wildman–Crippen MR) is 146 cm³/mol. The lowest BCUT2D eigenvalue weighted by Crippen LogP contribution is -2.35. The topological polar surface area (TPSA) is 147 Å². The van der Waals surface area contributed by atoms with Crippen LogP contribution in [-0.4, -0.2) is 47.3 Å². The molecule has 0 spiro atoms. The van der Waals surface area contributed by atoms with Gasteiger partial charge in [-0.1, -0.05) is 76.8 Å². The molecule has 1 amide bonds. The third-order valence-electron chi connectivity index (χ3n) is 6.06. The van der Waals surface area contributed by atoms with E-state index in [0.29, 0.717) is 17.0 Å². The first-order valence-corrected chi connectivity index (χ1v) is 15.3. The third-order valence-corrected chi connectivity index (χ3v) is 9.08. The number of carboxylic acid groups (broad SMARTS) is 1. The van der Waals surface area contributed by atoms with Gasteiger partial charge in [-0.15, -0.1) is 16.6 Å². The fourth-order valence-corrected chi connectivity index (χ4v) is 6.49. The maximum absolute atomic E-state index is 12.7. The Morgan fingerprint density at radius 1 is 0.895 bits per heavy atom. The number of sulfonamides is 1. The summed E-state index contributed by atoms with van der Waals surface area (Å²) in [5, 5.41) is 27.6. The fraction of sp³-hybridized carbons (Fsp3) is 0.538. The van der Waals surface area contributed by atoms with E-state index >= 15 is 0 Å². The number of nitrogens with one attached hydrogen (secondary N) is 1. The molecule has 0 bridgehead atoms. The van der Waals surface area contributed by atoms with Crippen LogP contribution >= 0.6 is 11.3 Å². The minimum absolute atomic E-state index is 0.0446. The molecule has 1 aromatic heterocycles. The zero-order valence-electron chi connectivity index (χ0n) is 21.8. The Bertz CT molecular complexity index is 1120. The molecule has 212 valence electrons. The van der Waals surface area contributed by atoms with E-state index < -0.39 is 21.9 Å². The molecule has 0 aliphatic rings. The number of hydrogen-bond donors (Lipinski definition) is 4. The molecular weight excluding hydrogens is 530 g/mol. The van der Waals surface area contributed by atoms with Gasteiger partial charge < -0.3 is 10.0 Å². The van der Waals surface area contributed by atoms with Crippen LogP contribution in [0.3, 0.4) is 0 Å². The van der Waals surface area contributed by atoms with Crippen molar-refractivity contribution < 1.29 is 33.5 Å². The number of amides is 1. The standard InChI is InChI=1S/C26H39N3O7S2/c1-2-3-4-5-6-7-8-9-10-11-17-27-38(35,36)24-16-15-23(37-24)20-28(25(30)26(31)32)19-21-13-12-14-22(18-21)29(33)34/h12-16,18,27,33-34H,2-11,17,19-20H2,1H3,(H,31,32). The number of aliphatic carboxylic acids is 1. The van der Waals surface area contributed by atoms with Crippen molar-refractivity contribution >= 4 is 38.9 Å². The number of benzene rings is 1. The van der Waals surface area contributed by atoms with Crippen LogP contribution in [0.2, 0.25) is 0 Å². The van der Waals surface area contributed by atoms with E-state index in [4.69, 9.17) is 0 Å². The van der Waals surface area contributed by atoms with E-state index in [0.717, 1.165) is 35.5 Å². The summed E-state index contributed by atoms with van der Waals surface area (Å²) in [5.41, 5.74) is 0.510. The van der Waals surface area contributed by atoms with Gasteiger partial charge in [-0.05, 0) is 36.2 Å². The monoisotopic (exact) mass is 569 g/mol. The SMILES string of the molecule is CCCCCCCCCCCCNS(=O)(=O)c1ccc(CN(Cc2cccc(N(O)O)c2)C(=O)C(=O)O)s1. The molecule has 10 nitrogen and oxygen atoms in total. The number of carbonyl (C=O) groups excluding carboxylic acids is 1. The first-order chi connectivity index (χ1) is 18.1. The van der Waals surface area contributed by atoms with Gasteiger partial charge in [0.05, 0.1) is 12.2 Å². The number of anilines is 1. The number of rotatable bonds is 18. The van der Waals surface area contributed by atoms with Gasteiger partial charge in [-0.25, -0.2) is 17.9 Å². The third kappa shape index (κ3) is 11.1. The number of unbranched alkanes of at least 4 members (excludes halogenated alkanes) is 9. The van der Waals surface area contributed by atoms with Gasteiger partial charge in [0.15, 0.2) is 0 Å². The molecule has 1 heterocycles. The zero-order valence-corrected chi connectivity index (χ0v) is 23.5. The predicted octanol–water partition coefficient (Wildman–Crippen LogP) is 5.15. The largest absolute Gasteiger partial charge is 0.474 e. The Kier molecular flexibility index (Phi) is 13.7. The van der Waals surface area contributed by atoms with Crippen molar-refractivity contribution in [3.05, 3.63) is 46.8 Å². The summed E-state index contributed by atoms with van der Waals surface area (Å²) >= 11 is 0.973. The van der Waals surface area contributed by atoms with Crippen LogP contribution < -0.4 is 9.95 Å². The van der Waals surface area contributed by atoms with Gasteiger partial charge in [0.25, 0.3) is 0 Å². The van der Waals surface area contributed by atoms with E-state index in [-0.39, 0.29) is 28.2 Å². The molecule has 0 unspecified atom stereocenters. The summed E-state index contributed by atoms with van der Waals surface area (Å²) in [6, 6.07) is 8.96. The van der Waals surface area contributed by atoms with E-state index in [2.05, 4.69) is 11.6 Å². The molecule has 0 radical (unpaired) electrons. The average molecular weight is 570 g/mol. The van der Waals surface area contributed by atoms with Crippen molar-refractivity contribution in [2.45, 2.75) is 88.4 Å². The molecule has 2 aromatic rings. The quantitative estimate of drug-likeness (QED) is 0.110. The molecule has 0 aliphatic heterocycles. The zero-order chi connectivity index (χ0) is 28.0. The molecular formula is C26H39N3O7S2. The molecule has 0 saturated carbocycles. The first kappa shape index (κ1) is 31.7. The second kappa shape index (κ2) is 16.5. The minimum atomic E-state index is -3.71. The number of carboxylic acids is 1. The average Bonchev–Trinajstić information content (AvgIpc) is 3.36.